The minimum Gasteiger partial charge on any atom is -0.443 e. The second-order valence-electron chi connectivity index (χ2n) is 5.84. The smallest absolute Gasteiger partial charge is 0.419 e. The van der Waals surface area contributed by atoms with Crippen molar-refractivity contribution in [2.45, 2.75) is 32.5 Å². The molecule has 4 nitrogen and oxygen atoms in total. The van der Waals surface area contributed by atoms with Crippen LogP contribution in [0.3, 0.4) is 0 Å². The predicted octanol–water partition coefficient (Wildman–Crippen LogP) is 4.30. The van der Waals surface area contributed by atoms with Crippen LogP contribution < -0.4 is 0 Å². The summed E-state index contributed by atoms with van der Waals surface area (Å²) in [6.45, 7) is 9.32. The fourth-order valence-corrected chi connectivity index (χ4v) is 2.25. The number of methoxy groups -OCH3 is 1. The lowest BCUT2D eigenvalue weighted by Gasteiger charge is -2.19. The molecule has 4 heteroatoms. The van der Waals surface area contributed by atoms with E-state index >= 15 is 0 Å². The number of aromatic nitrogens is 1. The number of ether oxygens (including phenoxy) is 2. The highest BCUT2D eigenvalue weighted by atomic mass is 16.6. The van der Waals surface area contributed by atoms with Gasteiger partial charge < -0.3 is 9.47 Å². The van der Waals surface area contributed by atoms with Crippen LogP contribution in [0.15, 0.2) is 43.1 Å². The molecule has 0 fully saturated rings. The molecule has 0 bridgehead atoms. The first-order chi connectivity index (χ1) is 9.87. The van der Waals surface area contributed by atoms with Gasteiger partial charge in [0.1, 0.15) is 11.7 Å². The average Bonchev–Trinajstić information content (AvgIpc) is 2.79. The maximum absolute atomic E-state index is 12.4. The average molecular weight is 287 g/mol. The molecule has 21 heavy (non-hydrogen) atoms. The van der Waals surface area contributed by atoms with E-state index in [9.17, 15) is 4.79 Å². The van der Waals surface area contributed by atoms with Crippen molar-refractivity contribution in [1.29, 1.82) is 0 Å². The highest BCUT2D eigenvalue weighted by Crippen LogP contribution is 2.29. The molecule has 0 amide bonds. The summed E-state index contributed by atoms with van der Waals surface area (Å²) in [6, 6.07) is 7.67. The molecule has 1 heterocycles. The minimum atomic E-state index is -0.540. The molecule has 0 N–H and O–H groups in total. The molecule has 0 saturated carbocycles. The van der Waals surface area contributed by atoms with Crippen molar-refractivity contribution in [2.24, 2.45) is 0 Å². The van der Waals surface area contributed by atoms with Crippen LogP contribution in [0, 0.1) is 0 Å². The summed E-state index contributed by atoms with van der Waals surface area (Å²) in [5.41, 5.74) is 1.15. The molecule has 1 unspecified atom stereocenters. The molecule has 1 aromatic heterocycles. The number of benzene rings is 1. The van der Waals surface area contributed by atoms with Crippen LogP contribution >= 0.6 is 0 Å². The van der Waals surface area contributed by atoms with Crippen LogP contribution in [-0.2, 0) is 9.47 Å². The molecule has 112 valence electrons. The quantitative estimate of drug-likeness (QED) is 0.790. The summed E-state index contributed by atoms with van der Waals surface area (Å²) in [7, 11) is 1.62. The lowest BCUT2D eigenvalue weighted by Crippen LogP contribution is -2.26. The highest BCUT2D eigenvalue weighted by molar-refractivity contribution is 5.92. The van der Waals surface area contributed by atoms with Crippen molar-refractivity contribution >= 4 is 17.0 Å². The van der Waals surface area contributed by atoms with E-state index in [4.69, 9.17) is 9.47 Å². The second-order valence-corrected chi connectivity index (χ2v) is 5.84. The van der Waals surface area contributed by atoms with Crippen LogP contribution in [0.25, 0.3) is 10.9 Å². The number of carbonyl (C=O) groups excluding carboxylic acids is 1. The van der Waals surface area contributed by atoms with Gasteiger partial charge in [0.25, 0.3) is 0 Å². The van der Waals surface area contributed by atoms with Gasteiger partial charge in [-0.25, -0.2) is 4.79 Å². The third kappa shape index (κ3) is 3.16. The summed E-state index contributed by atoms with van der Waals surface area (Å²) < 4.78 is 12.4. The van der Waals surface area contributed by atoms with Crippen LogP contribution in [-0.4, -0.2) is 23.4 Å². The zero-order valence-corrected chi connectivity index (χ0v) is 12.9. The molecule has 0 radical (unpaired) electrons. The molecule has 0 aliphatic carbocycles. The van der Waals surface area contributed by atoms with E-state index in [0.717, 1.165) is 16.5 Å². The van der Waals surface area contributed by atoms with Gasteiger partial charge in [-0.05, 0) is 26.8 Å². The van der Waals surface area contributed by atoms with Gasteiger partial charge in [-0.15, -0.1) is 6.58 Å². The van der Waals surface area contributed by atoms with E-state index in [1.165, 1.54) is 4.57 Å². The second kappa shape index (κ2) is 5.74. The van der Waals surface area contributed by atoms with Crippen LogP contribution in [0.1, 0.15) is 32.4 Å². The van der Waals surface area contributed by atoms with E-state index < -0.39 is 11.7 Å². The molecule has 1 aromatic carbocycles. The Hall–Kier alpha value is -2.07. The number of nitrogens with zero attached hydrogens (tertiary/aromatic N) is 1. The van der Waals surface area contributed by atoms with Gasteiger partial charge >= 0.3 is 6.09 Å². The number of fused-ring (bicyclic) bond motifs is 1. The fourth-order valence-electron chi connectivity index (χ4n) is 2.25. The number of rotatable bonds is 3. The first kappa shape index (κ1) is 15.3. The maximum atomic E-state index is 12.4. The van der Waals surface area contributed by atoms with Crippen molar-refractivity contribution in [3.63, 3.8) is 0 Å². The summed E-state index contributed by atoms with van der Waals surface area (Å²) in [5, 5.41) is 0.954. The van der Waals surface area contributed by atoms with Gasteiger partial charge in [0, 0.05) is 24.3 Å². The molecular formula is C17H21NO3. The summed E-state index contributed by atoms with van der Waals surface area (Å²) in [5.74, 6) is 0. The highest BCUT2D eigenvalue weighted by Gasteiger charge is 2.22. The standard InChI is InChI=1S/C17H21NO3/c1-6-15(20-5)13-11-18(16(19)21-17(2,3)4)14-10-8-7-9-12(13)14/h6-11,15H,1H2,2-5H3. The number of hydrogen-bond acceptors (Lipinski definition) is 3. The van der Waals surface area contributed by atoms with E-state index in [0.29, 0.717) is 0 Å². The first-order valence-electron chi connectivity index (χ1n) is 6.86. The molecule has 2 aromatic rings. The Kier molecular flexibility index (Phi) is 4.19. The molecular weight excluding hydrogens is 266 g/mol. The van der Waals surface area contributed by atoms with E-state index in [1.54, 1.807) is 19.4 Å². The first-order valence-corrected chi connectivity index (χ1v) is 6.86. The van der Waals surface area contributed by atoms with E-state index in [-0.39, 0.29) is 6.10 Å². The molecule has 0 spiro atoms. The molecule has 0 aliphatic rings. The van der Waals surface area contributed by atoms with Crippen molar-refractivity contribution < 1.29 is 14.3 Å². The lowest BCUT2D eigenvalue weighted by atomic mass is 10.1. The SMILES string of the molecule is C=CC(OC)c1cn(C(=O)OC(C)(C)C)c2ccccc12. The van der Waals surface area contributed by atoms with Crippen LogP contribution in [0.2, 0.25) is 0 Å². The van der Waals surface area contributed by atoms with Crippen molar-refractivity contribution in [3.8, 4) is 0 Å². The van der Waals surface area contributed by atoms with Crippen molar-refractivity contribution in [1.82, 2.24) is 4.57 Å². The van der Waals surface area contributed by atoms with Gasteiger partial charge in [-0.1, -0.05) is 24.3 Å². The Morgan fingerprint density at radius 1 is 1.33 bits per heavy atom. The Morgan fingerprint density at radius 3 is 2.57 bits per heavy atom. The third-order valence-electron chi connectivity index (χ3n) is 3.11. The van der Waals surface area contributed by atoms with Crippen LogP contribution in [0.4, 0.5) is 4.79 Å². The van der Waals surface area contributed by atoms with Gasteiger partial charge in [0.05, 0.1) is 5.52 Å². The minimum absolute atomic E-state index is 0.265. The summed E-state index contributed by atoms with van der Waals surface area (Å²) in [6.07, 6.45) is 2.80. The largest absolute Gasteiger partial charge is 0.443 e. The lowest BCUT2D eigenvalue weighted by molar-refractivity contribution is 0.0543. The Balaban J connectivity index is 2.55. The summed E-state index contributed by atoms with van der Waals surface area (Å²) >= 11 is 0. The topological polar surface area (TPSA) is 40.5 Å². The number of hydrogen-bond donors (Lipinski definition) is 0. The van der Waals surface area contributed by atoms with Crippen molar-refractivity contribution in [3.05, 3.63) is 48.7 Å². The third-order valence-corrected chi connectivity index (χ3v) is 3.11. The Labute approximate surface area is 125 Å². The molecule has 0 saturated heterocycles. The monoisotopic (exact) mass is 287 g/mol. The van der Waals surface area contributed by atoms with E-state index in [1.807, 2.05) is 45.0 Å². The Morgan fingerprint density at radius 2 is 2.00 bits per heavy atom. The zero-order chi connectivity index (χ0) is 15.6. The van der Waals surface area contributed by atoms with Crippen molar-refractivity contribution in [2.75, 3.05) is 7.11 Å². The Bertz CT molecular complexity index is 664. The number of para-hydroxylation sites is 1. The fraction of sp³-hybridized carbons (Fsp3) is 0.353. The van der Waals surface area contributed by atoms with Gasteiger partial charge in [-0.2, -0.15) is 0 Å². The predicted molar refractivity (Wildman–Crippen MR) is 83.5 cm³/mol. The van der Waals surface area contributed by atoms with Gasteiger partial charge in [0.2, 0.25) is 0 Å². The van der Waals surface area contributed by atoms with Gasteiger partial charge in [0.15, 0.2) is 0 Å². The number of carbonyl (C=O) groups is 1. The molecule has 2 rings (SSSR count). The summed E-state index contributed by atoms with van der Waals surface area (Å²) in [4.78, 5) is 12.4. The van der Waals surface area contributed by atoms with E-state index in [2.05, 4.69) is 6.58 Å². The maximum Gasteiger partial charge on any atom is 0.419 e. The van der Waals surface area contributed by atoms with Gasteiger partial charge in [-0.3, -0.25) is 4.57 Å². The zero-order valence-electron chi connectivity index (χ0n) is 12.9. The molecule has 0 aliphatic heterocycles. The normalized spacial score (nSPS) is 13.1. The molecule has 1 atom stereocenters. The van der Waals surface area contributed by atoms with Crippen LogP contribution in [0.5, 0.6) is 0 Å².